The van der Waals surface area contributed by atoms with Crippen LogP contribution in [0.15, 0.2) is 67.0 Å². The van der Waals surface area contributed by atoms with Crippen LogP contribution in [0.1, 0.15) is 16.7 Å². The zero-order chi connectivity index (χ0) is 14.5. The minimum Gasteiger partial charge on any atom is -0.381 e. The topological polar surface area (TPSA) is 29.9 Å². The van der Waals surface area contributed by atoms with Crippen LogP contribution in [0.2, 0.25) is 0 Å². The molecule has 106 valence electrons. The highest BCUT2D eigenvalue weighted by Gasteiger charge is 2.03. The second-order valence-electron chi connectivity index (χ2n) is 5.20. The molecule has 0 aliphatic carbocycles. The van der Waals surface area contributed by atoms with Crippen molar-refractivity contribution in [3.8, 4) is 0 Å². The molecule has 0 radical (unpaired) electrons. The van der Waals surface area contributed by atoms with Crippen molar-refractivity contribution in [3.05, 3.63) is 83.7 Å². The fourth-order valence-electron chi connectivity index (χ4n) is 2.42. The molecule has 0 atom stereocenters. The highest BCUT2D eigenvalue weighted by atomic mass is 15.3. The van der Waals surface area contributed by atoms with E-state index in [-0.39, 0.29) is 0 Å². The summed E-state index contributed by atoms with van der Waals surface area (Å²) in [6.07, 6.45) is 3.79. The second-order valence-corrected chi connectivity index (χ2v) is 5.20. The Morgan fingerprint density at radius 3 is 2.76 bits per heavy atom. The van der Waals surface area contributed by atoms with Crippen LogP contribution in [0.3, 0.4) is 0 Å². The SMILES string of the molecule is Cc1cccc(CNc2ccccc2Cn2cccn2)c1. The van der Waals surface area contributed by atoms with Gasteiger partial charge in [0, 0.05) is 24.6 Å². The summed E-state index contributed by atoms with van der Waals surface area (Å²) in [5.41, 5.74) is 4.99. The molecular weight excluding hydrogens is 258 g/mol. The highest BCUT2D eigenvalue weighted by Crippen LogP contribution is 2.17. The fraction of sp³-hybridized carbons (Fsp3) is 0.167. The van der Waals surface area contributed by atoms with Crippen molar-refractivity contribution in [1.29, 1.82) is 0 Å². The lowest BCUT2D eigenvalue weighted by atomic mass is 10.1. The first-order valence-electron chi connectivity index (χ1n) is 7.16. The highest BCUT2D eigenvalue weighted by molar-refractivity contribution is 5.51. The lowest BCUT2D eigenvalue weighted by Crippen LogP contribution is -2.06. The van der Waals surface area contributed by atoms with E-state index in [9.17, 15) is 0 Å². The molecule has 0 aliphatic rings. The van der Waals surface area contributed by atoms with E-state index in [1.54, 1.807) is 0 Å². The lowest BCUT2D eigenvalue weighted by Gasteiger charge is -2.12. The van der Waals surface area contributed by atoms with E-state index in [1.807, 2.05) is 23.1 Å². The third kappa shape index (κ3) is 3.51. The third-order valence-corrected chi connectivity index (χ3v) is 3.47. The first-order chi connectivity index (χ1) is 10.3. The fourth-order valence-corrected chi connectivity index (χ4v) is 2.42. The zero-order valence-corrected chi connectivity index (χ0v) is 12.2. The van der Waals surface area contributed by atoms with Gasteiger partial charge in [0.1, 0.15) is 0 Å². The van der Waals surface area contributed by atoms with Crippen LogP contribution in [0.25, 0.3) is 0 Å². The number of nitrogens with zero attached hydrogens (tertiary/aromatic N) is 2. The summed E-state index contributed by atoms with van der Waals surface area (Å²) in [5.74, 6) is 0. The molecule has 3 rings (SSSR count). The molecule has 3 aromatic rings. The van der Waals surface area contributed by atoms with Crippen LogP contribution in [0.4, 0.5) is 5.69 Å². The average molecular weight is 277 g/mol. The number of anilines is 1. The Balaban J connectivity index is 1.73. The summed E-state index contributed by atoms with van der Waals surface area (Å²) in [5, 5.41) is 7.80. The lowest BCUT2D eigenvalue weighted by molar-refractivity contribution is 0.687. The van der Waals surface area contributed by atoms with E-state index in [0.717, 1.165) is 18.8 Å². The van der Waals surface area contributed by atoms with Gasteiger partial charge >= 0.3 is 0 Å². The van der Waals surface area contributed by atoms with Crippen LogP contribution < -0.4 is 5.32 Å². The molecule has 2 aromatic carbocycles. The van der Waals surface area contributed by atoms with Gasteiger partial charge in [-0.3, -0.25) is 4.68 Å². The Morgan fingerprint density at radius 1 is 1.05 bits per heavy atom. The second kappa shape index (κ2) is 6.27. The number of para-hydroxylation sites is 1. The maximum absolute atomic E-state index is 4.27. The van der Waals surface area contributed by atoms with Crippen molar-refractivity contribution in [2.45, 2.75) is 20.0 Å². The largest absolute Gasteiger partial charge is 0.381 e. The van der Waals surface area contributed by atoms with Gasteiger partial charge in [0.05, 0.1) is 6.54 Å². The minimum absolute atomic E-state index is 0.782. The van der Waals surface area contributed by atoms with Gasteiger partial charge in [0.25, 0.3) is 0 Å². The molecule has 0 bridgehead atoms. The number of aromatic nitrogens is 2. The van der Waals surface area contributed by atoms with Crippen molar-refractivity contribution in [1.82, 2.24) is 9.78 Å². The Labute approximate surface area is 125 Å². The molecule has 3 nitrogen and oxygen atoms in total. The third-order valence-electron chi connectivity index (χ3n) is 3.47. The first kappa shape index (κ1) is 13.4. The monoisotopic (exact) mass is 277 g/mol. The van der Waals surface area contributed by atoms with E-state index in [1.165, 1.54) is 16.7 Å². The number of hydrogen-bond acceptors (Lipinski definition) is 2. The molecule has 0 amide bonds. The first-order valence-corrected chi connectivity index (χ1v) is 7.16. The van der Waals surface area contributed by atoms with Crippen molar-refractivity contribution in [3.63, 3.8) is 0 Å². The number of nitrogens with one attached hydrogen (secondary N) is 1. The van der Waals surface area contributed by atoms with Gasteiger partial charge in [-0.15, -0.1) is 0 Å². The van der Waals surface area contributed by atoms with Gasteiger partial charge < -0.3 is 5.32 Å². The van der Waals surface area contributed by atoms with E-state index >= 15 is 0 Å². The summed E-state index contributed by atoms with van der Waals surface area (Å²) in [6, 6.07) is 18.9. The normalized spacial score (nSPS) is 10.5. The maximum Gasteiger partial charge on any atom is 0.0679 e. The molecule has 1 N–H and O–H groups in total. The van der Waals surface area contributed by atoms with Crippen LogP contribution in [0.5, 0.6) is 0 Å². The Morgan fingerprint density at radius 2 is 1.95 bits per heavy atom. The summed E-state index contributed by atoms with van der Waals surface area (Å²) in [4.78, 5) is 0. The van der Waals surface area contributed by atoms with E-state index < -0.39 is 0 Å². The van der Waals surface area contributed by atoms with Crippen molar-refractivity contribution in [2.24, 2.45) is 0 Å². The van der Waals surface area contributed by atoms with Gasteiger partial charge in [-0.2, -0.15) is 5.10 Å². The minimum atomic E-state index is 0.782. The molecule has 0 saturated heterocycles. The van der Waals surface area contributed by atoms with Crippen molar-refractivity contribution in [2.75, 3.05) is 5.32 Å². The van der Waals surface area contributed by atoms with E-state index in [0.29, 0.717) is 0 Å². The standard InChI is InChI=1S/C18H19N3/c1-15-6-4-7-16(12-15)13-19-18-9-3-2-8-17(18)14-21-11-5-10-20-21/h2-12,19H,13-14H2,1H3. The van der Waals surface area contributed by atoms with Crippen molar-refractivity contribution >= 4 is 5.69 Å². The molecule has 3 heteroatoms. The predicted octanol–water partition coefficient (Wildman–Crippen LogP) is 3.85. The molecule has 0 saturated carbocycles. The number of benzene rings is 2. The van der Waals surface area contributed by atoms with Crippen LogP contribution in [-0.2, 0) is 13.1 Å². The van der Waals surface area contributed by atoms with Crippen LogP contribution >= 0.6 is 0 Å². The molecule has 1 aromatic heterocycles. The quantitative estimate of drug-likeness (QED) is 0.767. The van der Waals surface area contributed by atoms with Gasteiger partial charge in [0.15, 0.2) is 0 Å². The van der Waals surface area contributed by atoms with Gasteiger partial charge in [0.2, 0.25) is 0 Å². The summed E-state index contributed by atoms with van der Waals surface area (Å²) >= 11 is 0. The Bertz CT molecular complexity index is 702. The number of aryl methyl sites for hydroxylation is 1. The number of rotatable bonds is 5. The van der Waals surface area contributed by atoms with Crippen LogP contribution in [-0.4, -0.2) is 9.78 Å². The molecule has 21 heavy (non-hydrogen) atoms. The molecule has 0 fully saturated rings. The average Bonchev–Trinajstić information content (AvgIpc) is 2.99. The molecule has 0 aliphatic heterocycles. The van der Waals surface area contributed by atoms with Gasteiger partial charge in [-0.25, -0.2) is 0 Å². The molecule has 0 spiro atoms. The molecule has 1 heterocycles. The zero-order valence-electron chi connectivity index (χ0n) is 12.2. The summed E-state index contributed by atoms with van der Waals surface area (Å²) in [7, 11) is 0. The molecule has 0 unspecified atom stereocenters. The Hall–Kier alpha value is -2.55. The van der Waals surface area contributed by atoms with E-state index in [2.05, 4.69) is 65.9 Å². The van der Waals surface area contributed by atoms with Gasteiger partial charge in [-0.05, 0) is 30.2 Å². The molecular formula is C18H19N3. The summed E-state index contributed by atoms with van der Waals surface area (Å²) < 4.78 is 1.94. The maximum atomic E-state index is 4.27. The predicted molar refractivity (Wildman–Crippen MR) is 86.3 cm³/mol. The Kier molecular flexibility index (Phi) is 4.01. The summed E-state index contributed by atoms with van der Waals surface area (Å²) in [6.45, 7) is 3.73. The van der Waals surface area contributed by atoms with E-state index in [4.69, 9.17) is 0 Å². The number of hydrogen-bond donors (Lipinski definition) is 1. The van der Waals surface area contributed by atoms with Crippen LogP contribution in [0, 0.1) is 6.92 Å². The smallest absolute Gasteiger partial charge is 0.0679 e. The van der Waals surface area contributed by atoms with Gasteiger partial charge in [-0.1, -0.05) is 48.0 Å². The van der Waals surface area contributed by atoms with Crippen molar-refractivity contribution < 1.29 is 0 Å².